The molecule has 3 fully saturated rings. The number of carbonyl (C=O) groups excluding carboxylic acids is 2. The molecule has 1 aromatic carbocycles. The van der Waals surface area contributed by atoms with E-state index in [1.54, 1.807) is 25.2 Å². The number of aromatic nitrogens is 2. The van der Waals surface area contributed by atoms with Crippen molar-refractivity contribution in [1.82, 2.24) is 19.8 Å². The van der Waals surface area contributed by atoms with Gasteiger partial charge in [0.1, 0.15) is 5.82 Å². The third kappa shape index (κ3) is 6.24. The van der Waals surface area contributed by atoms with Gasteiger partial charge in [-0.1, -0.05) is 25.5 Å². The van der Waals surface area contributed by atoms with Crippen molar-refractivity contribution < 1.29 is 9.59 Å². The Morgan fingerprint density at radius 2 is 1.75 bits per heavy atom. The Morgan fingerprint density at radius 3 is 2.35 bits per heavy atom. The largest absolute Gasteiger partial charge is 0.364 e. The normalized spacial score (nSPS) is 22.5. The van der Waals surface area contributed by atoms with Gasteiger partial charge in [-0.05, 0) is 87.6 Å². The van der Waals surface area contributed by atoms with Gasteiger partial charge in [-0.15, -0.1) is 0 Å². The molecular formula is C31H45N7O2. The Balaban J connectivity index is 1.29. The number of benzene rings is 1. The summed E-state index contributed by atoms with van der Waals surface area (Å²) in [6.45, 7) is 5.38. The first-order valence-corrected chi connectivity index (χ1v) is 15.1. The first-order chi connectivity index (χ1) is 19.3. The van der Waals surface area contributed by atoms with Crippen molar-refractivity contribution in [2.45, 2.75) is 82.7 Å². The summed E-state index contributed by atoms with van der Waals surface area (Å²) in [6, 6.07) is 9.51. The molecule has 5 rings (SSSR count). The number of amides is 2. The zero-order chi connectivity index (χ0) is 28.2. The molecule has 2 atom stereocenters. The topological polar surface area (TPSA) is 108 Å². The van der Waals surface area contributed by atoms with Gasteiger partial charge in [-0.3, -0.25) is 9.59 Å². The highest BCUT2D eigenvalue weighted by molar-refractivity contribution is 5.96. The Bertz CT molecular complexity index is 1170. The zero-order valence-corrected chi connectivity index (χ0v) is 24.3. The molecule has 3 heterocycles. The van der Waals surface area contributed by atoms with E-state index in [1.807, 2.05) is 0 Å². The van der Waals surface area contributed by atoms with Crippen LogP contribution >= 0.6 is 0 Å². The number of primary amides is 1. The molecule has 2 aromatic rings. The molecule has 3 aliphatic rings. The molecule has 2 amide bonds. The maximum atomic E-state index is 12.5. The Labute approximate surface area is 238 Å². The number of piperidine rings is 2. The molecule has 3 N–H and O–H groups in total. The highest BCUT2D eigenvalue weighted by Gasteiger charge is 2.33. The van der Waals surface area contributed by atoms with E-state index in [-0.39, 0.29) is 23.6 Å². The number of nitrogens with zero attached hydrogens (tertiary/aromatic N) is 5. The first-order valence-electron chi connectivity index (χ1n) is 15.1. The predicted molar refractivity (Wildman–Crippen MR) is 159 cm³/mol. The Morgan fingerprint density at radius 1 is 1.02 bits per heavy atom. The Hall–Kier alpha value is -3.20. The van der Waals surface area contributed by atoms with E-state index in [0.29, 0.717) is 24.0 Å². The number of nitrogens with two attached hydrogens (primary N) is 1. The van der Waals surface area contributed by atoms with Crippen LogP contribution in [-0.4, -0.2) is 77.4 Å². The second kappa shape index (κ2) is 12.5. The van der Waals surface area contributed by atoms with Crippen LogP contribution in [0.25, 0.3) is 0 Å². The second-order valence-electron chi connectivity index (χ2n) is 12.0. The molecule has 9 nitrogen and oxygen atoms in total. The number of nitrogens with one attached hydrogen (secondary N) is 1. The van der Waals surface area contributed by atoms with E-state index in [1.165, 1.54) is 50.8 Å². The maximum absolute atomic E-state index is 12.5. The highest BCUT2D eigenvalue weighted by Crippen LogP contribution is 2.35. The lowest BCUT2D eigenvalue weighted by Crippen LogP contribution is -2.47. The van der Waals surface area contributed by atoms with Gasteiger partial charge in [0.15, 0.2) is 11.5 Å². The quantitative estimate of drug-likeness (QED) is 0.475. The van der Waals surface area contributed by atoms with Gasteiger partial charge in [-0.25, -0.2) is 9.97 Å². The summed E-state index contributed by atoms with van der Waals surface area (Å²) in [4.78, 5) is 40.6. The summed E-state index contributed by atoms with van der Waals surface area (Å²) in [5.41, 5.74) is 8.03. The molecule has 0 radical (unpaired) electrons. The SMILES string of the molecule is CC[C@@H]1[C@H](CC(=O)N(C)C)CCCN1c1cnc(C(N)=O)c(Nc2ccc(C3CCN(C4CCC4)CC3)cc2)n1. The monoisotopic (exact) mass is 547 g/mol. The van der Waals surface area contributed by atoms with Crippen LogP contribution in [0.15, 0.2) is 30.5 Å². The van der Waals surface area contributed by atoms with Gasteiger partial charge in [0, 0.05) is 44.8 Å². The van der Waals surface area contributed by atoms with Gasteiger partial charge >= 0.3 is 0 Å². The molecule has 0 spiro atoms. The van der Waals surface area contributed by atoms with E-state index in [9.17, 15) is 9.59 Å². The molecule has 9 heteroatoms. The van der Waals surface area contributed by atoms with E-state index in [2.05, 4.69) is 51.3 Å². The van der Waals surface area contributed by atoms with Crippen LogP contribution in [-0.2, 0) is 4.79 Å². The minimum absolute atomic E-state index is 0.126. The van der Waals surface area contributed by atoms with Gasteiger partial charge in [0.05, 0.1) is 6.20 Å². The van der Waals surface area contributed by atoms with Crippen molar-refractivity contribution >= 4 is 29.1 Å². The van der Waals surface area contributed by atoms with E-state index < -0.39 is 5.91 Å². The maximum Gasteiger partial charge on any atom is 0.271 e. The molecule has 0 unspecified atom stereocenters. The van der Waals surface area contributed by atoms with Crippen LogP contribution in [0, 0.1) is 5.92 Å². The Kier molecular flexibility index (Phi) is 8.88. The van der Waals surface area contributed by atoms with Gasteiger partial charge in [-0.2, -0.15) is 0 Å². The lowest BCUT2D eigenvalue weighted by Gasteiger charge is -2.42. The van der Waals surface area contributed by atoms with E-state index >= 15 is 0 Å². The molecule has 1 saturated carbocycles. The van der Waals surface area contributed by atoms with Gasteiger partial charge < -0.3 is 25.8 Å². The molecule has 2 aliphatic heterocycles. The summed E-state index contributed by atoms with van der Waals surface area (Å²) < 4.78 is 0. The molecule has 1 aromatic heterocycles. The van der Waals surface area contributed by atoms with Crippen molar-refractivity contribution in [2.75, 3.05) is 43.9 Å². The molecule has 40 heavy (non-hydrogen) atoms. The highest BCUT2D eigenvalue weighted by atomic mass is 16.2. The summed E-state index contributed by atoms with van der Waals surface area (Å²) in [6.07, 6.45) is 11.6. The number of rotatable bonds is 9. The molecule has 216 valence electrons. The fourth-order valence-electron chi connectivity index (χ4n) is 6.73. The fourth-order valence-corrected chi connectivity index (χ4v) is 6.73. The van der Waals surface area contributed by atoms with Crippen molar-refractivity contribution in [3.05, 3.63) is 41.7 Å². The third-order valence-electron chi connectivity index (χ3n) is 9.33. The van der Waals surface area contributed by atoms with Crippen LogP contribution in [0.5, 0.6) is 0 Å². The number of anilines is 3. The van der Waals surface area contributed by atoms with Crippen molar-refractivity contribution in [3.63, 3.8) is 0 Å². The first kappa shape index (κ1) is 28.3. The van der Waals surface area contributed by atoms with Crippen molar-refractivity contribution in [2.24, 2.45) is 11.7 Å². The lowest BCUT2D eigenvalue weighted by atomic mass is 9.84. The van der Waals surface area contributed by atoms with Gasteiger partial charge in [0.2, 0.25) is 5.91 Å². The third-order valence-corrected chi connectivity index (χ3v) is 9.33. The molecule has 1 aliphatic carbocycles. The van der Waals surface area contributed by atoms with Crippen molar-refractivity contribution in [1.29, 1.82) is 0 Å². The molecule has 2 saturated heterocycles. The smallest absolute Gasteiger partial charge is 0.271 e. The minimum Gasteiger partial charge on any atom is -0.364 e. The second-order valence-corrected chi connectivity index (χ2v) is 12.0. The summed E-state index contributed by atoms with van der Waals surface area (Å²) >= 11 is 0. The van der Waals surface area contributed by atoms with Crippen LogP contribution in [0.4, 0.5) is 17.3 Å². The minimum atomic E-state index is -0.614. The van der Waals surface area contributed by atoms with Crippen molar-refractivity contribution in [3.8, 4) is 0 Å². The number of hydrogen-bond donors (Lipinski definition) is 2. The summed E-state index contributed by atoms with van der Waals surface area (Å²) in [5, 5.41) is 3.32. The molecular weight excluding hydrogens is 502 g/mol. The van der Waals surface area contributed by atoms with Crippen LogP contribution < -0.4 is 16.0 Å². The van der Waals surface area contributed by atoms with Crippen LogP contribution in [0.1, 0.15) is 86.7 Å². The van der Waals surface area contributed by atoms with Gasteiger partial charge in [0.25, 0.3) is 5.91 Å². The number of likely N-dealkylation sites (tertiary alicyclic amines) is 1. The summed E-state index contributed by atoms with van der Waals surface area (Å²) in [5.74, 6) is 1.44. The lowest BCUT2D eigenvalue weighted by molar-refractivity contribution is -0.130. The average molecular weight is 548 g/mol. The zero-order valence-electron chi connectivity index (χ0n) is 24.3. The number of hydrogen-bond acceptors (Lipinski definition) is 7. The average Bonchev–Trinajstić information content (AvgIpc) is 2.92. The van der Waals surface area contributed by atoms with E-state index in [4.69, 9.17) is 10.7 Å². The number of carbonyl (C=O) groups is 2. The fraction of sp³-hybridized carbons (Fsp3) is 0.613. The van der Waals surface area contributed by atoms with E-state index in [0.717, 1.165) is 37.5 Å². The summed E-state index contributed by atoms with van der Waals surface area (Å²) in [7, 11) is 3.61. The van der Waals surface area contributed by atoms with Crippen LogP contribution in [0.2, 0.25) is 0 Å². The predicted octanol–water partition coefficient (Wildman–Crippen LogP) is 4.52. The molecule has 0 bridgehead atoms. The van der Waals surface area contributed by atoms with Crippen LogP contribution in [0.3, 0.4) is 0 Å². The standard InChI is InChI=1S/C31H45N7O2/c1-4-26-23(19-28(39)36(2)3)7-6-16-38(26)27-20-33-29(30(32)40)31(35-27)34-24-12-10-21(11-13-24)22-14-17-37(18-15-22)25-8-5-9-25/h10-13,20,22-23,25-26H,4-9,14-19H2,1-3H3,(H2,32,40)(H,34,35)/t23-,26+/m0/s1.